The Labute approximate surface area is 118 Å². The molecule has 2 N–H and O–H groups in total. The number of hydrogen-bond donors (Lipinski definition) is 2. The maximum Gasteiger partial charge on any atom is 0.268 e. The molecule has 1 amide bonds. The van der Waals surface area contributed by atoms with Crippen molar-refractivity contribution in [1.29, 1.82) is 0 Å². The van der Waals surface area contributed by atoms with Crippen LogP contribution in [0.15, 0.2) is 0 Å². The minimum Gasteiger partial charge on any atom is -0.376 e. The Morgan fingerprint density at radius 1 is 1.40 bits per heavy atom. The van der Waals surface area contributed by atoms with E-state index in [4.69, 9.17) is 4.74 Å². The summed E-state index contributed by atoms with van der Waals surface area (Å²) in [6, 6.07) is 0. The second-order valence-electron chi connectivity index (χ2n) is 5.60. The van der Waals surface area contributed by atoms with E-state index in [1.165, 1.54) is 0 Å². The van der Waals surface area contributed by atoms with Crippen molar-refractivity contribution >= 4 is 11.7 Å². The fourth-order valence-corrected chi connectivity index (χ4v) is 3.10. The summed E-state index contributed by atoms with van der Waals surface area (Å²) < 4.78 is 5.49. The quantitative estimate of drug-likeness (QED) is 0.883. The van der Waals surface area contributed by atoms with Crippen LogP contribution in [-0.4, -0.2) is 35.9 Å². The molecular formula is C15H20N2O3. The van der Waals surface area contributed by atoms with Crippen molar-refractivity contribution in [1.82, 2.24) is 10.3 Å². The van der Waals surface area contributed by atoms with Gasteiger partial charge in [0.15, 0.2) is 5.78 Å². The fraction of sp³-hybridized carbons (Fsp3) is 0.600. The molecule has 5 heteroatoms. The molecule has 1 atom stereocenters. The molecule has 0 aromatic carbocycles. The summed E-state index contributed by atoms with van der Waals surface area (Å²) in [5.74, 6) is 0.0124. The molecule has 2 heterocycles. The first-order valence-corrected chi connectivity index (χ1v) is 7.31. The number of carbonyl (C=O) groups excluding carboxylic acids is 2. The average molecular weight is 276 g/mol. The third-order valence-corrected chi connectivity index (χ3v) is 4.18. The smallest absolute Gasteiger partial charge is 0.268 e. The van der Waals surface area contributed by atoms with Crippen LogP contribution in [0.2, 0.25) is 0 Å². The van der Waals surface area contributed by atoms with E-state index in [-0.39, 0.29) is 17.8 Å². The average Bonchev–Trinajstić information content (AvgIpc) is 3.05. The van der Waals surface area contributed by atoms with E-state index in [9.17, 15) is 9.59 Å². The first kappa shape index (κ1) is 13.4. The summed E-state index contributed by atoms with van der Waals surface area (Å²) in [6.07, 6.45) is 4.49. The molecule has 108 valence electrons. The van der Waals surface area contributed by atoms with E-state index in [1.807, 2.05) is 6.92 Å². The molecule has 0 saturated carbocycles. The predicted molar refractivity (Wildman–Crippen MR) is 74.1 cm³/mol. The lowest BCUT2D eigenvalue weighted by molar-refractivity contribution is 0.0853. The van der Waals surface area contributed by atoms with Crippen molar-refractivity contribution in [3.8, 4) is 0 Å². The zero-order chi connectivity index (χ0) is 14.1. The number of ketones is 1. The van der Waals surface area contributed by atoms with Crippen LogP contribution in [0.1, 0.15) is 57.8 Å². The Morgan fingerprint density at radius 2 is 2.25 bits per heavy atom. The van der Waals surface area contributed by atoms with Crippen LogP contribution in [0.25, 0.3) is 0 Å². The highest BCUT2D eigenvalue weighted by atomic mass is 16.5. The summed E-state index contributed by atoms with van der Waals surface area (Å²) in [5.41, 5.74) is 2.97. The lowest BCUT2D eigenvalue weighted by Crippen LogP contribution is -2.32. The number of Topliss-reactive ketones (excluding diaryl/α,β-unsaturated/α-hetero) is 1. The summed E-state index contributed by atoms with van der Waals surface area (Å²) in [7, 11) is 0. The molecule has 2 aliphatic rings. The second-order valence-corrected chi connectivity index (χ2v) is 5.60. The number of amides is 1. The molecule has 1 fully saturated rings. The summed E-state index contributed by atoms with van der Waals surface area (Å²) in [4.78, 5) is 27.3. The number of carbonyl (C=O) groups is 2. The maximum atomic E-state index is 12.2. The Kier molecular flexibility index (Phi) is 3.61. The first-order valence-electron chi connectivity index (χ1n) is 7.31. The Balaban J connectivity index is 1.73. The number of aromatic amines is 1. The fourth-order valence-electron chi connectivity index (χ4n) is 3.10. The molecule has 1 aromatic heterocycles. The van der Waals surface area contributed by atoms with E-state index < -0.39 is 0 Å². The van der Waals surface area contributed by atoms with Crippen molar-refractivity contribution in [2.45, 2.75) is 45.1 Å². The van der Waals surface area contributed by atoms with Gasteiger partial charge < -0.3 is 15.0 Å². The zero-order valence-corrected chi connectivity index (χ0v) is 11.8. The lowest BCUT2D eigenvalue weighted by atomic mass is 9.94. The molecule has 1 aliphatic heterocycles. The van der Waals surface area contributed by atoms with E-state index in [2.05, 4.69) is 10.3 Å². The Bertz CT molecular complexity index is 542. The van der Waals surface area contributed by atoms with Gasteiger partial charge in [-0.25, -0.2) is 0 Å². The monoisotopic (exact) mass is 276 g/mol. The van der Waals surface area contributed by atoms with Crippen LogP contribution in [0, 0.1) is 6.92 Å². The topological polar surface area (TPSA) is 71.2 Å². The van der Waals surface area contributed by atoms with E-state index in [0.29, 0.717) is 18.7 Å². The standard InChI is InChI=1S/C15H20N2O3/c1-9-13-11(5-2-6-12(13)18)17-14(9)15(19)16-8-10-4-3-7-20-10/h10,17H,2-8H2,1H3,(H,16,19)/t10-/m1/s1. The van der Waals surface area contributed by atoms with Gasteiger partial charge in [0.25, 0.3) is 5.91 Å². The highest BCUT2D eigenvalue weighted by Crippen LogP contribution is 2.26. The van der Waals surface area contributed by atoms with Gasteiger partial charge in [-0.15, -0.1) is 0 Å². The molecule has 0 radical (unpaired) electrons. The van der Waals surface area contributed by atoms with Gasteiger partial charge in [0.2, 0.25) is 0 Å². The van der Waals surface area contributed by atoms with E-state index in [0.717, 1.165) is 49.1 Å². The molecule has 20 heavy (non-hydrogen) atoms. The first-order chi connectivity index (χ1) is 9.66. The second kappa shape index (κ2) is 5.40. The number of fused-ring (bicyclic) bond motifs is 1. The van der Waals surface area contributed by atoms with Crippen LogP contribution < -0.4 is 5.32 Å². The summed E-state index contributed by atoms with van der Waals surface area (Å²) >= 11 is 0. The van der Waals surface area contributed by atoms with Crippen molar-refractivity contribution < 1.29 is 14.3 Å². The van der Waals surface area contributed by atoms with Gasteiger partial charge in [0.05, 0.1) is 6.10 Å². The number of rotatable bonds is 3. The summed E-state index contributed by atoms with van der Waals surface area (Å²) in [6.45, 7) is 3.17. The van der Waals surface area contributed by atoms with Gasteiger partial charge in [-0.2, -0.15) is 0 Å². The number of hydrogen-bond acceptors (Lipinski definition) is 3. The predicted octanol–water partition coefficient (Wildman–Crippen LogP) is 1.75. The van der Waals surface area contributed by atoms with E-state index in [1.54, 1.807) is 0 Å². The van der Waals surface area contributed by atoms with Gasteiger partial charge in [0, 0.05) is 30.8 Å². The summed E-state index contributed by atoms with van der Waals surface area (Å²) in [5, 5.41) is 2.90. The van der Waals surface area contributed by atoms with Crippen molar-refractivity contribution in [3.63, 3.8) is 0 Å². The zero-order valence-electron chi connectivity index (χ0n) is 11.8. The van der Waals surface area contributed by atoms with Gasteiger partial charge in [-0.1, -0.05) is 0 Å². The Hall–Kier alpha value is -1.62. The van der Waals surface area contributed by atoms with Crippen molar-refractivity contribution in [3.05, 3.63) is 22.5 Å². The third kappa shape index (κ3) is 2.38. The molecule has 0 unspecified atom stereocenters. The van der Waals surface area contributed by atoms with Crippen LogP contribution in [-0.2, 0) is 11.2 Å². The molecule has 0 spiro atoms. The molecule has 1 aromatic rings. The minimum absolute atomic E-state index is 0.130. The number of H-pyrrole nitrogens is 1. The minimum atomic E-state index is -0.139. The van der Waals surface area contributed by atoms with Crippen LogP contribution in [0.4, 0.5) is 0 Å². The number of aromatic nitrogens is 1. The van der Waals surface area contributed by atoms with Gasteiger partial charge in [-0.05, 0) is 38.2 Å². The SMILES string of the molecule is Cc1c(C(=O)NC[C@H]2CCCO2)[nH]c2c1C(=O)CCC2. The maximum absolute atomic E-state index is 12.2. The molecule has 1 aliphatic carbocycles. The number of nitrogens with one attached hydrogen (secondary N) is 2. The molecule has 0 bridgehead atoms. The van der Waals surface area contributed by atoms with Crippen LogP contribution >= 0.6 is 0 Å². The van der Waals surface area contributed by atoms with E-state index >= 15 is 0 Å². The molecule has 1 saturated heterocycles. The molecule has 3 rings (SSSR count). The van der Waals surface area contributed by atoms with Gasteiger partial charge in [-0.3, -0.25) is 9.59 Å². The third-order valence-electron chi connectivity index (χ3n) is 4.18. The van der Waals surface area contributed by atoms with Gasteiger partial charge >= 0.3 is 0 Å². The Morgan fingerprint density at radius 3 is 2.95 bits per heavy atom. The molecular weight excluding hydrogens is 256 g/mol. The van der Waals surface area contributed by atoms with Crippen LogP contribution in [0.5, 0.6) is 0 Å². The highest BCUT2D eigenvalue weighted by Gasteiger charge is 2.26. The lowest BCUT2D eigenvalue weighted by Gasteiger charge is -2.10. The molecule has 5 nitrogen and oxygen atoms in total. The largest absolute Gasteiger partial charge is 0.376 e. The van der Waals surface area contributed by atoms with Crippen molar-refractivity contribution in [2.75, 3.05) is 13.2 Å². The number of aryl methyl sites for hydroxylation is 1. The van der Waals surface area contributed by atoms with Gasteiger partial charge in [0.1, 0.15) is 5.69 Å². The highest BCUT2D eigenvalue weighted by molar-refractivity contribution is 6.04. The van der Waals surface area contributed by atoms with Crippen LogP contribution in [0.3, 0.4) is 0 Å². The normalized spacial score (nSPS) is 21.9. The number of ether oxygens (including phenoxy) is 1. The van der Waals surface area contributed by atoms with Crippen molar-refractivity contribution in [2.24, 2.45) is 0 Å².